The van der Waals surface area contributed by atoms with Crippen LogP contribution in [-0.4, -0.2) is 28.8 Å². The molecule has 0 aliphatic carbocycles. The fourth-order valence-corrected chi connectivity index (χ4v) is 3.25. The van der Waals surface area contributed by atoms with Crippen molar-refractivity contribution in [3.63, 3.8) is 0 Å². The Labute approximate surface area is 195 Å². The lowest BCUT2D eigenvalue weighted by atomic mass is 10.0. The predicted molar refractivity (Wildman–Crippen MR) is 129 cm³/mol. The van der Waals surface area contributed by atoms with E-state index in [1.165, 1.54) is 0 Å². The van der Waals surface area contributed by atoms with Crippen LogP contribution in [0.4, 0.5) is 26.5 Å². The molecule has 3 N–H and O–H groups in total. The van der Waals surface area contributed by atoms with Crippen molar-refractivity contribution in [2.75, 3.05) is 10.6 Å². The van der Waals surface area contributed by atoms with Crippen LogP contribution in [0.3, 0.4) is 0 Å². The molecule has 0 fully saturated rings. The van der Waals surface area contributed by atoms with Crippen molar-refractivity contribution < 1.29 is 13.9 Å². The fraction of sp³-hybridized carbons (Fsp3) is 0.480. The summed E-state index contributed by atoms with van der Waals surface area (Å²) < 4.78 is 20.1. The first-order valence-electron chi connectivity index (χ1n) is 11.1. The van der Waals surface area contributed by atoms with Crippen molar-refractivity contribution in [1.29, 1.82) is 5.26 Å². The van der Waals surface area contributed by atoms with Crippen LogP contribution in [0.1, 0.15) is 64.2 Å². The Balaban J connectivity index is 2.27. The number of nitrogens with one attached hydrogen (secondary N) is 3. The van der Waals surface area contributed by atoms with Gasteiger partial charge >= 0.3 is 6.09 Å². The van der Waals surface area contributed by atoms with Crippen molar-refractivity contribution in [1.82, 2.24) is 10.3 Å². The molecule has 1 aromatic heterocycles. The topological polar surface area (TPSA) is 99.1 Å². The van der Waals surface area contributed by atoms with E-state index in [9.17, 15) is 14.4 Å². The van der Waals surface area contributed by atoms with Gasteiger partial charge in [-0.2, -0.15) is 5.26 Å². The van der Waals surface area contributed by atoms with Gasteiger partial charge in [-0.15, -0.1) is 0 Å². The summed E-state index contributed by atoms with van der Waals surface area (Å²) in [7, 11) is 0. The number of amides is 1. The Morgan fingerprint density at radius 1 is 1.21 bits per heavy atom. The van der Waals surface area contributed by atoms with Crippen LogP contribution in [0.25, 0.3) is 0 Å². The second-order valence-electron chi connectivity index (χ2n) is 9.23. The van der Waals surface area contributed by atoms with Gasteiger partial charge in [0, 0.05) is 17.8 Å². The van der Waals surface area contributed by atoms with Crippen molar-refractivity contribution in [2.45, 2.75) is 79.0 Å². The Kier molecular flexibility index (Phi) is 8.63. The Bertz CT molecular complexity index is 1030. The van der Waals surface area contributed by atoms with Gasteiger partial charge in [-0.3, -0.25) is 0 Å². The first-order chi connectivity index (χ1) is 15.4. The number of carbonyl (C=O) groups is 1. The van der Waals surface area contributed by atoms with E-state index < -0.39 is 17.5 Å². The van der Waals surface area contributed by atoms with E-state index in [0.29, 0.717) is 6.42 Å². The lowest BCUT2D eigenvalue weighted by molar-refractivity contribution is 0.0502. The number of rotatable bonds is 8. The number of carbonyl (C=O) groups excluding carboxylic acids is 1. The van der Waals surface area contributed by atoms with Gasteiger partial charge in [0.2, 0.25) is 0 Å². The van der Waals surface area contributed by atoms with Gasteiger partial charge in [-0.1, -0.05) is 19.4 Å². The van der Waals surface area contributed by atoms with Gasteiger partial charge < -0.3 is 20.7 Å². The Hall–Kier alpha value is -3.34. The fourth-order valence-electron chi connectivity index (χ4n) is 3.25. The minimum absolute atomic E-state index is 0.0108. The summed E-state index contributed by atoms with van der Waals surface area (Å²) in [6.45, 7) is 13.2. The lowest BCUT2D eigenvalue weighted by Crippen LogP contribution is -2.46. The number of benzene rings is 1. The molecule has 0 spiro atoms. The third-order valence-electron chi connectivity index (χ3n) is 5.14. The number of ether oxygens (including phenoxy) is 1. The van der Waals surface area contributed by atoms with E-state index in [-0.39, 0.29) is 29.3 Å². The normalized spacial score (nSPS) is 12.9. The van der Waals surface area contributed by atoms with E-state index in [0.717, 1.165) is 29.3 Å². The highest BCUT2D eigenvalue weighted by molar-refractivity contribution is 5.68. The molecule has 178 valence electrons. The average Bonchev–Trinajstić information content (AvgIpc) is 2.70. The highest BCUT2D eigenvalue weighted by Crippen LogP contribution is 2.26. The maximum Gasteiger partial charge on any atom is 0.407 e. The first kappa shape index (κ1) is 25.9. The molecule has 0 aliphatic rings. The third kappa shape index (κ3) is 7.63. The van der Waals surface area contributed by atoms with Crippen LogP contribution in [0.15, 0.2) is 24.3 Å². The minimum Gasteiger partial charge on any atom is -0.444 e. The summed E-state index contributed by atoms with van der Waals surface area (Å²) in [5, 5.41) is 18.5. The van der Waals surface area contributed by atoms with Gasteiger partial charge in [0.05, 0.1) is 5.56 Å². The number of hydrogen-bond donors (Lipinski definition) is 3. The molecule has 0 saturated carbocycles. The van der Waals surface area contributed by atoms with E-state index in [1.807, 2.05) is 52.0 Å². The molecule has 2 atom stereocenters. The zero-order chi connectivity index (χ0) is 24.8. The van der Waals surface area contributed by atoms with Gasteiger partial charge in [0.1, 0.15) is 11.7 Å². The number of anilines is 3. The summed E-state index contributed by atoms with van der Waals surface area (Å²) in [4.78, 5) is 16.6. The van der Waals surface area contributed by atoms with Crippen LogP contribution in [0.2, 0.25) is 0 Å². The van der Waals surface area contributed by atoms with Crippen LogP contribution in [-0.2, 0) is 4.74 Å². The van der Waals surface area contributed by atoms with Crippen LogP contribution < -0.4 is 16.0 Å². The lowest BCUT2D eigenvalue weighted by Gasteiger charge is -2.28. The molecule has 1 amide bonds. The van der Waals surface area contributed by atoms with Crippen molar-refractivity contribution in [3.8, 4) is 6.07 Å². The molecule has 1 aromatic carbocycles. The van der Waals surface area contributed by atoms with Crippen LogP contribution in [0.5, 0.6) is 0 Å². The Morgan fingerprint density at radius 2 is 1.91 bits per heavy atom. The molecule has 33 heavy (non-hydrogen) atoms. The summed E-state index contributed by atoms with van der Waals surface area (Å²) in [5.41, 5.74) is 2.47. The molecule has 0 unspecified atom stereocenters. The smallest absolute Gasteiger partial charge is 0.407 e. The molecule has 8 heteroatoms. The number of alkyl carbamates (subject to hydrolysis) is 1. The highest BCUT2D eigenvalue weighted by Gasteiger charge is 2.24. The number of aromatic nitrogens is 1. The average molecular weight is 456 g/mol. The number of nitriles is 1. The zero-order valence-electron chi connectivity index (χ0n) is 20.5. The second kappa shape index (κ2) is 11.0. The van der Waals surface area contributed by atoms with E-state index in [4.69, 9.17) is 4.74 Å². The first-order valence-corrected chi connectivity index (χ1v) is 11.1. The molecule has 1 heterocycles. The van der Waals surface area contributed by atoms with Crippen LogP contribution >= 0.6 is 0 Å². The predicted octanol–water partition coefficient (Wildman–Crippen LogP) is 5.95. The van der Waals surface area contributed by atoms with Crippen molar-refractivity contribution in [3.05, 3.63) is 46.8 Å². The van der Waals surface area contributed by atoms with Crippen molar-refractivity contribution in [2.24, 2.45) is 0 Å². The standard InChI is InChI=1S/C25H34FN5O2/c1-8-9-21(17(4)28-24(32)33-25(5,6)7)30-23-20(26)13-18(14-27)22(31-23)29-19-11-10-15(2)16(3)12-19/h10-13,17,21H,8-9H2,1-7H3,(H,28,32)(H2,29,30,31)/t17-,21+/m0/s1. The molecule has 0 bridgehead atoms. The summed E-state index contributed by atoms with van der Waals surface area (Å²) in [6, 6.07) is 8.29. The number of hydrogen-bond acceptors (Lipinski definition) is 6. The minimum atomic E-state index is -0.636. The molecule has 0 saturated heterocycles. The third-order valence-corrected chi connectivity index (χ3v) is 5.14. The van der Waals surface area contributed by atoms with Gasteiger partial charge in [-0.25, -0.2) is 14.2 Å². The number of pyridine rings is 1. The monoisotopic (exact) mass is 455 g/mol. The van der Waals surface area contributed by atoms with Gasteiger partial charge in [0.25, 0.3) is 0 Å². The molecular weight excluding hydrogens is 421 g/mol. The van der Waals surface area contributed by atoms with E-state index in [1.54, 1.807) is 20.8 Å². The summed E-state index contributed by atoms with van der Waals surface area (Å²) in [5.74, 6) is -0.368. The molecular formula is C25H34FN5O2. The molecule has 2 aromatic rings. The SMILES string of the molecule is CCC[C@@H](Nc1nc(Nc2ccc(C)c(C)c2)c(C#N)cc1F)[C@H](C)NC(=O)OC(C)(C)C. The Morgan fingerprint density at radius 3 is 2.48 bits per heavy atom. The zero-order valence-corrected chi connectivity index (χ0v) is 20.5. The second-order valence-corrected chi connectivity index (χ2v) is 9.23. The molecule has 0 radical (unpaired) electrons. The molecule has 0 aliphatic heterocycles. The highest BCUT2D eigenvalue weighted by atomic mass is 19.1. The molecule has 2 rings (SSSR count). The van der Waals surface area contributed by atoms with Gasteiger partial charge in [-0.05, 0) is 77.3 Å². The number of aryl methyl sites for hydroxylation is 2. The van der Waals surface area contributed by atoms with Gasteiger partial charge in [0.15, 0.2) is 17.5 Å². The van der Waals surface area contributed by atoms with E-state index >= 15 is 0 Å². The summed E-state index contributed by atoms with van der Waals surface area (Å²) in [6.07, 6.45) is 0.935. The number of halogens is 1. The quantitative estimate of drug-likeness (QED) is 0.455. The largest absolute Gasteiger partial charge is 0.444 e. The number of nitrogens with zero attached hydrogens (tertiary/aromatic N) is 2. The maximum absolute atomic E-state index is 14.8. The maximum atomic E-state index is 14.8. The summed E-state index contributed by atoms with van der Waals surface area (Å²) >= 11 is 0. The van der Waals surface area contributed by atoms with Crippen molar-refractivity contribution >= 4 is 23.4 Å². The van der Waals surface area contributed by atoms with E-state index in [2.05, 4.69) is 20.9 Å². The van der Waals surface area contributed by atoms with Crippen LogP contribution in [0, 0.1) is 31.0 Å². The molecule has 7 nitrogen and oxygen atoms in total.